The Labute approximate surface area is 132 Å². The SMILES string of the molecule is COc1ccc(CN2CCCCC2c2ccnc(C)n2)cc1. The minimum absolute atomic E-state index is 0.401. The van der Waals surface area contributed by atoms with Crippen LogP contribution in [0.15, 0.2) is 36.5 Å². The standard InChI is InChI=1S/C18H23N3O/c1-14-19-11-10-17(20-14)18-5-3-4-12-21(18)13-15-6-8-16(22-2)9-7-15/h6-11,18H,3-5,12-13H2,1-2H3. The molecule has 3 rings (SSSR count). The van der Waals surface area contributed by atoms with Crippen LogP contribution in [-0.4, -0.2) is 28.5 Å². The molecule has 0 saturated carbocycles. The first-order chi connectivity index (χ1) is 10.8. The van der Waals surface area contributed by atoms with Crippen molar-refractivity contribution in [1.82, 2.24) is 14.9 Å². The summed E-state index contributed by atoms with van der Waals surface area (Å²) >= 11 is 0. The van der Waals surface area contributed by atoms with Gasteiger partial charge in [-0.2, -0.15) is 0 Å². The van der Waals surface area contributed by atoms with E-state index in [4.69, 9.17) is 4.74 Å². The van der Waals surface area contributed by atoms with Crippen LogP contribution >= 0.6 is 0 Å². The van der Waals surface area contributed by atoms with Gasteiger partial charge in [0, 0.05) is 12.7 Å². The Balaban J connectivity index is 1.77. The molecule has 1 aliphatic heterocycles. The van der Waals surface area contributed by atoms with Crippen LogP contribution in [0.1, 0.15) is 42.4 Å². The van der Waals surface area contributed by atoms with Crippen molar-refractivity contribution in [1.29, 1.82) is 0 Å². The number of benzene rings is 1. The first kappa shape index (κ1) is 15.0. The molecule has 1 saturated heterocycles. The van der Waals surface area contributed by atoms with Gasteiger partial charge in [0.05, 0.1) is 18.8 Å². The lowest BCUT2D eigenvalue weighted by atomic mass is 9.98. The largest absolute Gasteiger partial charge is 0.497 e. The van der Waals surface area contributed by atoms with Gasteiger partial charge in [0.2, 0.25) is 0 Å². The molecule has 0 radical (unpaired) electrons. The predicted octanol–water partition coefficient (Wildman–Crippen LogP) is 3.52. The lowest BCUT2D eigenvalue weighted by Gasteiger charge is -2.35. The van der Waals surface area contributed by atoms with E-state index in [1.54, 1.807) is 7.11 Å². The van der Waals surface area contributed by atoms with Crippen LogP contribution in [0.5, 0.6) is 5.75 Å². The second kappa shape index (κ2) is 6.88. The second-order valence-corrected chi connectivity index (χ2v) is 5.86. The molecule has 1 aromatic carbocycles. The molecular weight excluding hydrogens is 274 g/mol. The highest BCUT2D eigenvalue weighted by Crippen LogP contribution is 2.31. The van der Waals surface area contributed by atoms with Crippen molar-refractivity contribution in [3.8, 4) is 5.75 Å². The van der Waals surface area contributed by atoms with Gasteiger partial charge in [-0.3, -0.25) is 4.90 Å². The fourth-order valence-electron chi connectivity index (χ4n) is 3.14. The number of aromatic nitrogens is 2. The second-order valence-electron chi connectivity index (χ2n) is 5.86. The van der Waals surface area contributed by atoms with E-state index in [1.807, 2.05) is 25.3 Å². The van der Waals surface area contributed by atoms with Crippen molar-refractivity contribution >= 4 is 0 Å². The number of piperidine rings is 1. The minimum Gasteiger partial charge on any atom is -0.497 e. The maximum absolute atomic E-state index is 5.23. The maximum Gasteiger partial charge on any atom is 0.125 e. The molecule has 4 heteroatoms. The molecule has 2 heterocycles. The molecule has 0 bridgehead atoms. The third-order valence-electron chi connectivity index (χ3n) is 4.30. The fraction of sp³-hybridized carbons (Fsp3) is 0.444. The Kier molecular flexibility index (Phi) is 4.68. The van der Waals surface area contributed by atoms with E-state index >= 15 is 0 Å². The Morgan fingerprint density at radius 3 is 2.73 bits per heavy atom. The van der Waals surface area contributed by atoms with E-state index in [0.717, 1.165) is 30.4 Å². The fourth-order valence-corrected chi connectivity index (χ4v) is 3.14. The zero-order valence-corrected chi connectivity index (χ0v) is 13.3. The van der Waals surface area contributed by atoms with Crippen molar-refractivity contribution in [2.75, 3.05) is 13.7 Å². The molecule has 1 aromatic heterocycles. The van der Waals surface area contributed by atoms with Gasteiger partial charge in [-0.05, 0) is 50.1 Å². The van der Waals surface area contributed by atoms with Gasteiger partial charge in [0.15, 0.2) is 0 Å². The van der Waals surface area contributed by atoms with Crippen molar-refractivity contribution in [3.63, 3.8) is 0 Å². The number of hydrogen-bond donors (Lipinski definition) is 0. The molecule has 0 spiro atoms. The molecule has 1 atom stereocenters. The summed E-state index contributed by atoms with van der Waals surface area (Å²) in [5.41, 5.74) is 2.47. The number of hydrogen-bond acceptors (Lipinski definition) is 4. The van der Waals surface area contributed by atoms with Gasteiger partial charge in [-0.15, -0.1) is 0 Å². The zero-order chi connectivity index (χ0) is 15.4. The maximum atomic E-state index is 5.23. The number of rotatable bonds is 4. The summed E-state index contributed by atoms with van der Waals surface area (Å²) in [6, 6.07) is 10.8. The highest BCUT2D eigenvalue weighted by atomic mass is 16.5. The van der Waals surface area contributed by atoms with Gasteiger partial charge >= 0.3 is 0 Å². The highest BCUT2D eigenvalue weighted by molar-refractivity contribution is 5.27. The predicted molar refractivity (Wildman–Crippen MR) is 86.8 cm³/mol. The molecule has 2 aromatic rings. The normalized spacial score (nSPS) is 19.1. The van der Waals surface area contributed by atoms with E-state index in [0.29, 0.717) is 6.04 Å². The molecule has 1 aliphatic rings. The van der Waals surface area contributed by atoms with Crippen LogP contribution in [0.4, 0.5) is 0 Å². The van der Waals surface area contributed by atoms with Gasteiger partial charge in [0.1, 0.15) is 11.6 Å². The Morgan fingerprint density at radius 1 is 1.18 bits per heavy atom. The first-order valence-corrected chi connectivity index (χ1v) is 7.93. The van der Waals surface area contributed by atoms with E-state index in [-0.39, 0.29) is 0 Å². The van der Waals surface area contributed by atoms with Crippen LogP contribution in [0.25, 0.3) is 0 Å². The number of nitrogens with zero attached hydrogens (tertiary/aromatic N) is 3. The van der Waals surface area contributed by atoms with Gasteiger partial charge in [-0.25, -0.2) is 9.97 Å². The molecule has 0 aliphatic carbocycles. The third-order valence-corrected chi connectivity index (χ3v) is 4.30. The monoisotopic (exact) mass is 297 g/mol. The molecule has 1 unspecified atom stereocenters. The number of ether oxygens (including phenoxy) is 1. The van der Waals surface area contributed by atoms with E-state index in [9.17, 15) is 0 Å². The number of methoxy groups -OCH3 is 1. The summed E-state index contributed by atoms with van der Waals surface area (Å²) in [6.07, 6.45) is 5.58. The lowest BCUT2D eigenvalue weighted by Crippen LogP contribution is -2.33. The van der Waals surface area contributed by atoms with E-state index in [2.05, 4.69) is 33.1 Å². The smallest absolute Gasteiger partial charge is 0.125 e. The average molecular weight is 297 g/mol. The molecule has 116 valence electrons. The molecule has 0 amide bonds. The van der Waals surface area contributed by atoms with Crippen LogP contribution in [0.2, 0.25) is 0 Å². The summed E-state index contributed by atoms with van der Waals surface area (Å²) in [5, 5.41) is 0. The summed E-state index contributed by atoms with van der Waals surface area (Å²) in [6.45, 7) is 4.04. The van der Waals surface area contributed by atoms with Gasteiger partial charge in [0.25, 0.3) is 0 Å². The summed E-state index contributed by atoms with van der Waals surface area (Å²) in [4.78, 5) is 11.4. The summed E-state index contributed by atoms with van der Waals surface area (Å²) in [7, 11) is 1.70. The van der Waals surface area contributed by atoms with Crippen LogP contribution < -0.4 is 4.74 Å². The molecule has 22 heavy (non-hydrogen) atoms. The number of likely N-dealkylation sites (tertiary alicyclic amines) is 1. The van der Waals surface area contributed by atoms with E-state index in [1.165, 1.54) is 24.8 Å². The first-order valence-electron chi connectivity index (χ1n) is 7.93. The van der Waals surface area contributed by atoms with Crippen molar-refractivity contribution < 1.29 is 4.74 Å². The third kappa shape index (κ3) is 3.45. The highest BCUT2D eigenvalue weighted by Gasteiger charge is 2.25. The van der Waals surface area contributed by atoms with Gasteiger partial charge < -0.3 is 4.74 Å². The van der Waals surface area contributed by atoms with Crippen LogP contribution in [0.3, 0.4) is 0 Å². The van der Waals surface area contributed by atoms with Gasteiger partial charge in [-0.1, -0.05) is 18.6 Å². The lowest BCUT2D eigenvalue weighted by molar-refractivity contribution is 0.137. The Morgan fingerprint density at radius 2 is 2.00 bits per heavy atom. The van der Waals surface area contributed by atoms with Crippen LogP contribution in [0, 0.1) is 6.92 Å². The van der Waals surface area contributed by atoms with Crippen molar-refractivity contribution in [2.45, 2.75) is 38.8 Å². The average Bonchev–Trinajstić information content (AvgIpc) is 2.56. The molecular formula is C18H23N3O. The van der Waals surface area contributed by atoms with E-state index < -0.39 is 0 Å². The Hall–Kier alpha value is -1.94. The van der Waals surface area contributed by atoms with Crippen molar-refractivity contribution in [2.24, 2.45) is 0 Å². The van der Waals surface area contributed by atoms with Crippen LogP contribution in [-0.2, 0) is 6.54 Å². The minimum atomic E-state index is 0.401. The molecule has 0 N–H and O–H groups in total. The number of aryl methyl sites for hydroxylation is 1. The zero-order valence-electron chi connectivity index (χ0n) is 13.3. The molecule has 4 nitrogen and oxygen atoms in total. The molecule has 1 fully saturated rings. The Bertz CT molecular complexity index is 612. The summed E-state index contributed by atoms with van der Waals surface area (Å²) < 4.78 is 5.23. The summed E-state index contributed by atoms with van der Waals surface area (Å²) in [5.74, 6) is 1.76. The van der Waals surface area contributed by atoms with Crippen molar-refractivity contribution in [3.05, 3.63) is 53.6 Å². The topological polar surface area (TPSA) is 38.2 Å². The quantitative estimate of drug-likeness (QED) is 0.865.